The van der Waals surface area contributed by atoms with Crippen LogP contribution in [0.2, 0.25) is 0 Å². The van der Waals surface area contributed by atoms with Crippen molar-refractivity contribution in [1.29, 1.82) is 0 Å². The molecular weight excluding hydrogens is 336 g/mol. The summed E-state index contributed by atoms with van der Waals surface area (Å²) in [6, 6.07) is 5.11. The fourth-order valence-corrected chi connectivity index (χ4v) is 4.57. The molecule has 1 aliphatic carbocycles. The summed E-state index contributed by atoms with van der Waals surface area (Å²) in [6.07, 6.45) is 5.03. The molecule has 1 spiro atoms. The van der Waals surface area contributed by atoms with E-state index >= 15 is 0 Å². The van der Waals surface area contributed by atoms with Crippen LogP contribution < -0.4 is 10.9 Å². The van der Waals surface area contributed by atoms with Gasteiger partial charge in [0, 0.05) is 30.7 Å². The lowest BCUT2D eigenvalue weighted by molar-refractivity contribution is 0.0681. The molecule has 3 heterocycles. The lowest BCUT2D eigenvalue weighted by atomic mass is 9.93. The summed E-state index contributed by atoms with van der Waals surface area (Å²) < 4.78 is 1.44. The minimum absolute atomic E-state index is 0.0733. The van der Waals surface area contributed by atoms with Gasteiger partial charge in [-0.15, -0.1) is 11.3 Å². The summed E-state index contributed by atoms with van der Waals surface area (Å²) in [5.41, 5.74) is 0.527. The zero-order chi connectivity index (χ0) is 17.4. The number of hydrogen-bond donors (Lipinski definition) is 1. The standard InChI is InChI=1S/C18H22N4O2S/c1-21-13(3-2-4-16(21)23)17(24)22(12-15-20-9-10-25-15)14-11-18(14)5-7-19-8-6-18/h2-4,9-10,14,19H,5-8,11-12H2,1H3. The fourth-order valence-electron chi connectivity index (χ4n) is 3.96. The van der Waals surface area contributed by atoms with Gasteiger partial charge in [0.15, 0.2) is 0 Å². The highest BCUT2D eigenvalue weighted by molar-refractivity contribution is 7.09. The van der Waals surface area contributed by atoms with E-state index in [9.17, 15) is 9.59 Å². The van der Waals surface area contributed by atoms with Gasteiger partial charge in [0.25, 0.3) is 11.5 Å². The maximum Gasteiger partial charge on any atom is 0.271 e. The van der Waals surface area contributed by atoms with Gasteiger partial charge in [-0.3, -0.25) is 9.59 Å². The van der Waals surface area contributed by atoms with Gasteiger partial charge in [-0.2, -0.15) is 0 Å². The van der Waals surface area contributed by atoms with Gasteiger partial charge in [-0.1, -0.05) is 6.07 Å². The molecule has 2 aromatic heterocycles. The second-order valence-electron chi connectivity index (χ2n) is 7.00. The van der Waals surface area contributed by atoms with Gasteiger partial charge in [-0.05, 0) is 43.8 Å². The summed E-state index contributed by atoms with van der Waals surface area (Å²) in [4.78, 5) is 31.5. The van der Waals surface area contributed by atoms with E-state index in [4.69, 9.17) is 0 Å². The van der Waals surface area contributed by atoms with Crippen LogP contribution in [0.4, 0.5) is 0 Å². The van der Waals surface area contributed by atoms with E-state index in [1.165, 1.54) is 10.6 Å². The molecule has 132 valence electrons. The van der Waals surface area contributed by atoms with Gasteiger partial charge in [0.1, 0.15) is 10.7 Å². The summed E-state index contributed by atoms with van der Waals surface area (Å²) in [5.74, 6) is -0.0733. The number of thiazole rings is 1. The summed E-state index contributed by atoms with van der Waals surface area (Å²) >= 11 is 1.57. The van der Waals surface area contributed by atoms with Crippen molar-refractivity contribution < 1.29 is 4.79 Å². The molecule has 1 N–H and O–H groups in total. The van der Waals surface area contributed by atoms with Crippen LogP contribution in [-0.2, 0) is 13.6 Å². The number of aromatic nitrogens is 2. The van der Waals surface area contributed by atoms with Gasteiger partial charge in [0.2, 0.25) is 0 Å². The van der Waals surface area contributed by atoms with Crippen molar-refractivity contribution in [2.75, 3.05) is 13.1 Å². The van der Waals surface area contributed by atoms with Crippen LogP contribution in [0, 0.1) is 5.41 Å². The minimum Gasteiger partial charge on any atom is -0.327 e. The zero-order valence-corrected chi connectivity index (χ0v) is 15.1. The third-order valence-electron chi connectivity index (χ3n) is 5.58. The number of piperidine rings is 1. The van der Waals surface area contributed by atoms with Crippen molar-refractivity contribution in [3.05, 3.63) is 50.8 Å². The van der Waals surface area contributed by atoms with Crippen molar-refractivity contribution in [3.63, 3.8) is 0 Å². The van der Waals surface area contributed by atoms with Gasteiger partial charge >= 0.3 is 0 Å². The molecule has 2 fully saturated rings. The van der Waals surface area contributed by atoms with Gasteiger partial charge < -0.3 is 14.8 Å². The lowest BCUT2D eigenvalue weighted by Gasteiger charge is -2.29. The Bertz CT molecular complexity index is 824. The second-order valence-corrected chi connectivity index (χ2v) is 7.98. The third kappa shape index (κ3) is 3.02. The number of pyridine rings is 1. The third-order valence-corrected chi connectivity index (χ3v) is 6.34. The second kappa shape index (κ2) is 6.38. The fraction of sp³-hybridized carbons (Fsp3) is 0.500. The predicted octanol–water partition coefficient (Wildman–Crippen LogP) is 1.63. The van der Waals surface area contributed by atoms with E-state index in [1.807, 2.05) is 10.3 Å². The molecule has 0 bridgehead atoms. The molecule has 6 nitrogen and oxygen atoms in total. The number of rotatable bonds is 4. The van der Waals surface area contributed by atoms with Crippen molar-refractivity contribution >= 4 is 17.2 Å². The average Bonchev–Trinajstić information content (AvgIpc) is 3.06. The molecule has 1 saturated carbocycles. The van der Waals surface area contributed by atoms with Crippen LogP contribution in [-0.4, -0.2) is 39.5 Å². The molecule has 1 aliphatic heterocycles. The first-order valence-corrected chi connectivity index (χ1v) is 9.55. The molecule has 1 saturated heterocycles. The number of nitrogens with one attached hydrogen (secondary N) is 1. The highest BCUT2D eigenvalue weighted by atomic mass is 32.1. The van der Waals surface area contributed by atoms with Crippen LogP contribution in [0.1, 0.15) is 34.8 Å². The normalized spacial score (nSPS) is 21.2. The lowest BCUT2D eigenvalue weighted by Crippen LogP contribution is -2.40. The quantitative estimate of drug-likeness (QED) is 0.902. The first-order valence-electron chi connectivity index (χ1n) is 8.67. The smallest absolute Gasteiger partial charge is 0.271 e. The first-order chi connectivity index (χ1) is 12.1. The molecular formula is C18H22N4O2S. The molecule has 2 aliphatic rings. The Morgan fingerprint density at radius 2 is 2.24 bits per heavy atom. The van der Waals surface area contributed by atoms with E-state index in [0.717, 1.165) is 37.4 Å². The molecule has 7 heteroatoms. The molecule has 2 aromatic rings. The molecule has 1 atom stereocenters. The summed E-state index contributed by atoms with van der Waals surface area (Å²) in [6.45, 7) is 2.54. The zero-order valence-electron chi connectivity index (χ0n) is 14.3. The van der Waals surface area contributed by atoms with Crippen LogP contribution in [0.3, 0.4) is 0 Å². The first kappa shape index (κ1) is 16.5. The topological polar surface area (TPSA) is 67.2 Å². The van der Waals surface area contributed by atoms with E-state index in [-0.39, 0.29) is 22.9 Å². The average molecular weight is 358 g/mol. The van der Waals surface area contributed by atoms with E-state index in [2.05, 4.69) is 10.3 Å². The number of hydrogen-bond acceptors (Lipinski definition) is 5. The summed E-state index contributed by atoms with van der Waals surface area (Å²) in [7, 11) is 1.66. The number of carbonyl (C=O) groups excluding carboxylic acids is 1. The van der Waals surface area contributed by atoms with Crippen LogP contribution in [0.15, 0.2) is 34.6 Å². The SMILES string of the molecule is Cn1c(C(=O)N(Cc2nccs2)C2CC23CCNCC3)cccc1=O. The van der Waals surface area contributed by atoms with E-state index in [0.29, 0.717) is 12.2 Å². The largest absolute Gasteiger partial charge is 0.327 e. The van der Waals surface area contributed by atoms with Gasteiger partial charge in [-0.25, -0.2) is 4.98 Å². The Labute approximate surface area is 150 Å². The Hall–Kier alpha value is -1.99. The maximum atomic E-state index is 13.3. The predicted molar refractivity (Wildman–Crippen MR) is 96.6 cm³/mol. The van der Waals surface area contributed by atoms with Gasteiger partial charge in [0.05, 0.1) is 6.54 Å². The van der Waals surface area contributed by atoms with Crippen molar-refractivity contribution in [2.24, 2.45) is 12.5 Å². The van der Waals surface area contributed by atoms with E-state index < -0.39 is 0 Å². The van der Waals surface area contributed by atoms with Crippen LogP contribution in [0.5, 0.6) is 0 Å². The highest BCUT2D eigenvalue weighted by Gasteiger charge is 2.58. The monoisotopic (exact) mass is 358 g/mol. The number of carbonyl (C=O) groups is 1. The maximum absolute atomic E-state index is 13.3. The molecule has 4 rings (SSSR count). The number of nitrogens with zero attached hydrogens (tertiary/aromatic N) is 3. The molecule has 1 unspecified atom stereocenters. The molecule has 25 heavy (non-hydrogen) atoms. The Morgan fingerprint density at radius 1 is 1.44 bits per heavy atom. The van der Waals surface area contributed by atoms with Crippen molar-refractivity contribution in [2.45, 2.75) is 31.8 Å². The molecule has 1 amide bonds. The molecule has 0 radical (unpaired) electrons. The Morgan fingerprint density at radius 3 is 2.96 bits per heavy atom. The van der Waals surface area contributed by atoms with Crippen LogP contribution >= 0.6 is 11.3 Å². The van der Waals surface area contributed by atoms with E-state index in [1.54, 1.807) is 36.7 Å². The Balaban J connectivity index is 1.64. The van der Waals surface area contributed by atoms with Crippen molar-refractivity contribution in [1.82, 2.24) is 19.8 Å². The Kier molecular flexibility index (Phi) is 4.21. The molecule has 0 aromatic carbocycles. The minimum atomic E-state index is -0.160. The van der Waals surface area contributed by atoms with Crippen LogP contribution in [0.25, 0.3) is 0 Å². The highest BCUT2D eigenvalue weighted by Crippen LogP contribution is 2.56. The number of amides is 1. The summed E-state index contributed by atoms with van der Waals surface area (Å²) in [5, 5.41) is 6.27. The van der Waals surface area contributed by atoms with Crippen molar-refractivity contribution in [3.8, 4) is 0 Å².